The van der Waals surface area contributed by atoms with Gasteiger partial charge in [0.1, 0.15) is 0 Å². The van der Waals surface area contributed by atoms with Crippen molar-refractivity contribution in [1.29, 1.82) is 0 Å². The van der Waals surface area contributed by atoms with E-state index in [0.29, 0.717) is 6.42 Å². The molecule has 22 heavy (non-hydrogen) atoms. The van der Waals surface area contributed by atoms with Gasteiger partial charge in [0.25, 0.3) is 0 Å². The zero-order valence-corrected chi connectivity index (χ0v) is 14.8. The van der Waals surface area contributed by atoms with E-state index in [1.165, 1.54) is 20.0 Å². The summed E-state index contributed by atoms with van der Waals surface area (Å²) < 4.78 is 16.4. The van der Waals surface area contributed by atoms with E-state index in [2.05, 4.69) is 38.5 Å². The second kappa shape index (κ2) is 8.73. The largest absolute Gasteiger partial charge is 0.486 e. The van der Waals surface area contributed by atoms with E-state index in [1.54, 1.807) is 0 Å². The van der Waals surface area contributed by atoms with Gasteiger partial charge in [-0.2, -0.15) is 0 Å². The minimum Gasteiger partial charge on any atom is -0.469 e. The van der Waals surface area contributed by atoms with E-state index in [-0.39, 0.29) is 24.3 Å². The number of carbonyl (C=O) groups excluding carboxylic acids is 1. The van der Waals surface area contributed by atoms with Gasteiger partial charge >= 0.3 is 13.1 Å². The summed E-state index contributed by atoms with van der Waals surface area (Å²) in [5, 5.41) is 0. The summed E-state index contributed by atoms with van der Waals surface area (Å²) in [6.45, 7) is 8.26. The van der Waals surface area contributed by atoms with Gasteiger partial charge < -0.3 is 14.0 Å². The fourth-order valence-corrected chi connectivity index (χ4v) is 2.34. The maximum Gasteiger partial charge on any atom is 0.486 e. The molecule has 0 bridgehead atoms. The number of methoxy groups -OCH3 is 1. The van der Waals surface area contributed by atoms with Crippen LogP contribution in [-0.2, 0) is 18.8 Å². The third kappa shape index (κ3) is 6.13. The van der Waals surface area contributed by atoms with Crippen molar-refractivity contribution >= 4 is 13.1 Å². The first-order chi connectivity index (χ1) is 10.3. The Morgan fingerprint density at radius 3 is 2.14 bits per heavy atom. The summed E-state index contributed by atoms with van der Waals surface area (Å²) in [4.78, 5) is 10.9. The van der Waals surface area contributed by atoms with E-state index < -0.39 is 0 Å². The van der Waals surface area contributed by atoms with Crippen molar-refractivity contribution in [2.24, 2.45) is 0 Å². The zero-order chi connectivity index (χ0) is 16.6. The first-order valence-electron chi connectivity index (χ1n) is 8.37. The van der Waals surface area contributed by atoms with Gasteiger partial charge in [-0.1, -0.05) is 31.3 Å². The quantitative estimate of drug-likeness (QED) is 0.366. The van der Waals surface area contributed by atoms with Crippen molar-refractivity contribution in [3.05, 3.63) is 12.1 Å². The van der Waals surface area contributed by atoms with E-state index >= 15 is 0 Å². The topological polar surface area (TPSA) is 44.8 Å². The Bertz CT molecular complexity index is 361. The van der Waals surface area contributed by atoms with Crippen LogP contribution in [0.3, 0.4) is 0 Å². The molecule has 0 atom stereocenters. The highest BCUT2D eigenvalue weighted by atomic mass is 16.7. The van der Waals surface area contributed by atoms with Crippen molar-refractivity contribution in [3.63, 3.8) is 0 Å². The molecule has 4 nitrogen and oxygen atoms in total. The Hall–Kier alpha value is -0.805. The standard InChI is InChI=1S/C17H31BO4/c1-16(2)17(3,4)22-18(21-16)14-12-10-8-6-7-9-11-13-15(19)20-5/h12,14H,6-11,13H2,1-5H3/b14-12+. The first-order valence-corrected chi connectivity index (χ1v) is 8.37. The molecule has 0 aliphatic carbocycles. The van der Waals surface area contributed by atoms with Gasteiger partial charge in [-0.3, -0.25) is 4.79 Å². The lowest BCUT2D eigenvalue weighted by atomic mass is 9.89. The Kier molecular flexibility index (Phi) is 7.64. The number of carbonyl (C=O) groups is 1. The highest BCUT2D eigenvalue weighted by molar-refractivity contribution is 6.51. The lowest BCUT2D eigenvalue weighted by Crippen LogP contribution is -2.41. The molecule has 1 heterocycles. The Morgan fingerprint density at radius 1 is 1.00 bits per heavy atom. The van der Waals surface area contributed by atoms with E-state index in [0.717, 1.165) is 25.7 Å². The second-order valence-electron chi connectivity index (χ2n) is 6.94. The molecular formula is C17H31BO4. The molecule has 0 aromatic heterocycles. The monoisotopic (exact) mass is 310 g/mol. The maximum absolute atomic E-state index is 10.9. The molecule has 1 aliphatic rings. The van der Waals surface area contributed by atoms with Crippen LogP contribution in [0.15, 0.2) is 12.1 Å². The third-order valence-corrected chi connectivity index (χ3v) is 4.54. The van der Waals surface area contributed by atoms with Crippen molar-refractivity contribution in [1.82, 2.24) is 0 Å². The molecule has 1 fully saturated rings. The highest BCUT2D eigenvalue weighted by Gasteiger charge is 2.49. The summed E-state index contributed by atoms with van der Waals surface area (Å²) in [5.74, 6) is 1.92. The average molecular weight is 310 g/mol. The van der Waals surface area contributed by atoms with Crippen molar-refractivity contribution < 1.29 is 18.8 Å². The lowest BCUT2D eigenvalue weighted by Gasteiger charge is -2.32. The van der Waals surface area contributed by atoms with Gasteiger partial charge in [0.15, 0.2) is 0 Å². The number of esters is 1. The Balaban J connectivity index is 2.05. The fraction of sp³-hybridized carbons (Fsp3) is 0.824. The number of hydrogen-bond acceptors (Lipinski definition) is 4. The highest BCUT2D eigenvalue weighted by Crippen LogP contribution is 2.36. The molecule has 0 saturated carbocycles. The predicted molar refractivity (Wildman–Crippen MR) is 89.6 cm³/mol. The number of ether oxygens (including phenoxy) is 1. The van der Waals surface area contributed by atoms with Crippen LogP contribution in [0.5, 0.6) is 0 Å². The van der Waals surface area contributed by atoms with Crippen LogP contribution in [0.2, 0.25) is 0 Å². The van der Waals surface area contributed by atoms with Crippen LogP contribution in [0, 0.1) is 0 Å². The molecule has 1 rings (SSSR count). The van der Waals surface area contributed by atoms with E-state index in [4.69, 9.17) is 9.31 Å². The van der Waals surface area contributed by atoms with Crippen molar-refractivity contribution in [2.45, 2.75) is 83.8 Å². The average Bonchev–Trinajstić information content (AvgIpc) is 2.64. The number of hydrogen-bond donors (Lipinski definition) is 0. The number of allylic oxidation sites excluding steroid dienone is 1. The minimum absolute atomic E-state index is 0.106. The van der Waals surface area contributed by atoms with Crippen molar-refractivity contribution in [3.8, 4) is 0 Å². The molecule has 0 aromatic carbocycles. The molecule has 0 unspecified atom stereocenters. The normalized spacial score (nSPS) is 19.8. The Morgan fingerprint density at radius 2 is 1.55 bits per heavy atom. The minimum atomic E-state index is -0.262. The van der Waals surface area contributed by atoms with Crippen LogP contribution >= 0.6 is 0 Å². The predicted octanol–water partition coefficient (Wildman–Crippen LogP) is 4.08. The first kappa shape index (κ1) is 19.2. The van der Waals surface area contributed by atoms with Gasteiger partial charge in [-0.05, 0) is 47.0 Å². The molecule has 5 heteroatoms. The van der Waals surface area contributed by atoms with Crippen LogP contribution in [-0.4, -0.2) is 31.4 Å². The lowest BCUT2D eigenvalue weighted by molar-refractivity contribution is -0.140. The summed E-state index contributed by atoms with van der Waals surface area (Å²) in [6.07, 6.45) is 9.27. The molecule has 0 spiro atoms. The van der Waals surface area contributed by atoms with Crippen LogP contribution in [0.4, 0.5) is 0 Å². The smallest absolute Gasteiger partial charge is 0.469 e. The van der Waals surface area contributed by atoms with Crippen LogP contribution in [0.1, 0.15) is 72.6 Å². The van der Waals surface area contributed by atoms with Gasteiger partial charge in [0.05, 0.1) is 18.3 Å². The summed E-state index contributed by atoms with van der Waals surface area (Å²) in [5.41, 5.74) is -0.525. The maximum atomic E-state index is 10.9. The molecular weight excluding hydrogens is 279 g/mol. The van der Waals surface area contributed by atoms with Gasteiger partial charge in [0, 0.05) is 6.42 Å². The SMILES string of the molecule is COC(=O)CCCCCCC/C=C/B1OC(C)(C)C(C)(C)O1. The van der Waals surface area contributed by atoms with Gasteiger partial charge in [-0.15, -0.1) is 0 Å². The van der Waals surface area contributed by atoms with E-state index in [1.807, 2.05) is 5.98 Å². The number of rotatable bonds is 9. The summed E-state index contributed by atoms with van der Waals surface area (Å²) >= 11 is 0. The summed E-state index contributed by atoms with van der Waals surface area (Å²) in [7, 11) is 1.21. The molecule has 0 aromatic rings. The van der Waals surface area contributed by atoms with E-state index in [9.17, 15) is 4.79 Å². The third-order valence-electron chi connectivity index (χ3n) is 4.54. The number of unbranched alkanes of at least 4 members (excludes halogenated alkanes) is 5. The molecule has 0 N–H and O–H groups in total. The molecule has 0 amide bonds. The van der Waals surface area contributed by atoms with Crippen LogP contribution < -0.4 is 0 Å². The van der Waals surface area contributed by atoms with Crippen molar-refractivity contribution in [2.75, 3.05) is 7.11 Å². The fourth-order valence-electron chi connectivity index (χ4n) is 2.34. The molecule has 1 aliphatic heterocycles. The second-order valence-corrected chi connectivity index (χ2v) is 6.94. The molecule has 1 saturated heterocycles. The molecule has 126 valence electrons. The van der Waals surface area contributed by atoms with Crippen LogP contribution in [0.25, 0.3) is 0 Å². The van der Waals surface area contributed by atoms with Gasteiger partial charge in [0.2, 0.25) is 0 Å². The van der Waals surface area contributed by atoms with Gasteiger partial charge in [-0.25, -0.2) is 0 Å². The summed E-state index contributed by atoms with van der Waals surface area (Å²) in [6, 6.07) is 0. The zero-order valence-electron chi connectivity index (χ0n) is 14.8. The molecule has 0 radical (unpaired) electrons. The Labute approximate surface area is 135 Å².